The van der Waals surface area contributed by atoms with E-state index in [0.717, 1.165) is 70.6 Å². The summed E-state index contributed by atoms with van der Waals surface area (Å²) in [7, 11) is 1.33. The highest BCUT2D eigenvalue weighted by molar-refractivity contribution is 7.45. The van der Waals surface area contributed by atoms with E-state index >= 15 is 0 Å². The van der Waals surface area contributed by atoms with Crippen molar-refractivity contribution in [3.05, 3.63) is 73.1 Å². The molecule has 0 aromatic carbocycles. The summed E-state index contributed by atoms with van der Waals surface area (Å²) in [5.74, 6) is -0.326. The Hall–Kier alpha value is -2.22. The first-order valence-electron chi connectivity index (χ1n) is 21.7. The summed E-state index contributed by atoms with van der Waals surface area (Å²) in [4.78, 5) is 24.8. The largest absolute Gasteiger partial charge is 0.756 e. The second kappa shape index (κ2) is 38.6. The number of likely N-dealkylation sites (N-methyl/N-ethyl adjacent to an activating group) is 1. The first-order valence-corrected chi connectivity index (χ1v) is 23.2. The van der Waals surface area contributed by atoms with Crippen molar-refractivity contribution in [1.82, 2.24) is 0 Å². The number of carbonyl (C=O) groups is 1. The average Bonchev–Trinajstić information content (AvgIpc) is 3.14. The molecule has 0 amide bonds. The van der Waals surface area contributed by atoms with Crippen LogP contribution in [0.2, 0.25) is 0 Å². The fourth-order valence-corrected chi connectivity index (χ4v) is 6.17. The van der Waals surface area contributed by atoms with E-state index in [2.05, 4.69) is 74.6 Å². The minimum atomic E-state index is -4.52. The molecule has 0 saturated heterocycles. The minimum absolute atomic E-state index is 0.0187. The van der Waals surface area contributed by atoms with Gasteiger partial charge in [0, 0.05) is 6.42 Å². The van der Waals surface area contributed by atoms with E-state index in [1.54, 1.807) is 6.26 Å². The van der Waals surface area contributed by atoms with Gasteiger partial charge in [-0.25, -0.2) is 0 Å². The van der Waals surface area contributed by atoms with Crippen molar-refractivity contribution in [2.24, 2.45) is 0 Å². The molecule has 0 aliphatic carbocycles. The van der Waals surface area contributed by atoms with Gasteiger partial charge in [0.15, 0.2) is 6.10 Å². The lowest BCUT2D eigenvalue weighted by molar-refractivity contribution is -0.870. The third-order valence-corrected chi connectivity index (χ3v) is 9.83. The molecular formula is C46H82NO7P. The van der Waals surface area contributed by atoms with Crippen LogP contribution in [0.25, 0.3) is 0 Å². The van der Waals surface area contributed by atoms with E-state index in [0.29, 0.717) is 17.4 Å². The molecule has 318 valence electrons. The van der Waals surface area contributed by atoms with Crippen molar-refractivity contribution in [3.8, 4) is 0 Å². The predicted molar refractivity (Wildman–Crippen MR) is 231 cm³/mol. The van der Waals surface area contributed by atoms with Crippen LogP contribution in [0.1, 0.15) is 162 Å². The van der Waals surface area contributed by atoms with Gasteiger partial charge >= 0.3 is 5.97 Å². The summed E-state index contributed by atoms with van der Waals surface area (Å²) in [6, 6.07) is 0. The Bertz CT molecular complexity index is 1110. The van der Waals surface area contributed by atoms with E-state index in [1.807, 2.05) is 27.2 Å². The summed E-state index contributed by atoms with van der Waals surface area (Å²) < 4.78 is 34.3. The maximum atomic E-state index is 12.5. The van der Waals surface area contributed by atoms with E-state index in [9.17, 15) is 14.3 Å². The van der Waals surface area contributed by atoms with Crippen molar-refractivity contribution in [1.29, 1.82) is 0 Å². The molecule has 0 bridgehead atoms. The number of esters is 1. The molecule has 0 rings (SSSR count). The van der Waals surface area contributed by atoms with Crippen LogP contribution in [0.15, 0.2) is 73.1 Å². The zero-order valence-electron chi connectivity index (χ0n) is 35.8. The van der Waals surface area contributed by atoms with Gasteiger partial charge in [0.05, 0.1) is 34.0 Å². The van der Waals surface area contributed by atoms with Gasteiger partial charge < -0.3 is 27.9 Å². The smallest absolute Gasteiger partial charge is 0.305 e. The van der Waals surface area contributed by atoms with Crippen LogP contribution in [0.3, 0.4) is 0 Å². The van der Waals surface area contributed by atoms with Gasteiger partial charge in [-0.1, -0.05) is 152 Å². The number of nitrogens with zero attached hydrogens (tertiary/aromatic N) is 1. The second-order valence-electron chi connectivity index (χ2n) is 15.4. The lowest BCUT2D eigenvalue weighted by Crippen LogP contribution is -2.37. The maximum Gasteiger partial charge on any atom is 0.305 e. The molecular weight excluding hydrogens is 709 g/mol. The van der Waals surface area contributed by atoms with Gasteiger partial charge in [-0.3, -0.25) is 9.36 Å². The Balaban J connectivity index is 4.35. The molecule has 0 N–H and O–H groups in total. The molecule has 2 atom stereocenters. The Labute approximate surface area is 338 Å². The van der Waals surface area contributed by atoms with Crippen LogP contribution in [-0.4, -0.2) is 64.1 Å². The van der Waals surface area contributed by atoms with Crippen molar-refractivity contribution >= 4 is 13.8 Å². The molecule has 0 radical (unpaired) electrons. The molecule has 9 heteroatoms. The molecule has 55 heavy (non-hydrogen) atoms. The van der Waals surface area contributed by atoms with Crippen molar-refractivity contribution in [2.75, 3.05) is 47.5 Å². The Morgan fingerprint density at radius 1 is 0.600 bits per heavy atom. The number of phosphoric acid groups is 1. The summed E-state index contributed by atoms with van der Waals surface area (Å²) in [6.45, 7) is 4.54. The normalized spacial score (nSPS) is 14.4. The van der Waals surface area contributed by atoms with Crippen LogP contribution >= 0.6 is 7.82 Å². The van der Waals surface area contributed by atoms with Crippen LogP contribution in [-0.2, 0) is 27.9 Å². The molecule has 0 aliphatic rings. The third-order valence-electron chi connectivity index (χ3n) is 8.86. The van der Waals surface area contributed by atoms with Gasteiger partial charge in [0.1, 0.15) is 19.8 Å². The highest BCUT2D eigenvalue weighted by Gasteiger charge is 2.19. The number of carbonyl (C=O) groups excluding carboxylic acids is 1. The third kappa shape index (κ3) is 42.8. The topological polar surface area (TPSA) is 94.1 Å². The number of rotatable bonds is 39. The highest BCUT2D eigenvalue weighted by atomic mass is 31.2. The standard InChI is InChI=1S/C46H82NO7P/c1-6-8-10-12-14-16-18-20-22-23-24-25-26-27-29-31-33-35-37-39-46(48)52-43-45(44-54-55(49,50)53-42-40-47(3,4)5)51-41-38-36-34-32-30-28-21-19-17-15-13-11-9-7-2/h8,10,14,16,20,22,24-25,27,29,38,41,45H,6-7,9,11-13,15,17-19,21,23,26,28,30-37,39-40,42-44H2,1-5H3/b10-8-,16-14-,22-20-,25-24-,29-27-,41-38-. The van der Waals surface area contributed by atoms with Crippen LogP contribution in [0.4, 0.5) is 0 Å². The Morgan fingerprint density at radius 2 is 1.07 bits per heavy atom. The van der Waals surface area contributed by atoms with Gasteiger partial charge in [0.25, 0.3) is 7.82 Å². The van der Waals surface area contributed by atoms with E-state index in [1.165, 1.54) is 70.6 Å². The molecule has 2 unspecified atom stereocenters. The molecule has 0 aliphatic heterocycles. The molecule has 8 nitrogen and oxygen atoms in total. The van der Waals surface area contributed by atoms with E-state index in [4.69, 9.17) is 18.5 Å². The van der Waals surface area contributed by atoms with Gasteiger partial charge in [-0.15, -0.1) is 0 Å². The quantitative estimate of drug-likeness (QED) is 0.0153. The number of phosphoric ester groups is 1. The first-order chi connectivity index (χ1) is 26.6. The maximum absolute atomic E-state index is 12.5. The highest BCUT2D eigenvalue weighted by Crippen LogP contribution is 2.38. The number of quaternary nitrogens is 1. The fraction of sp³-hybridized carbons (Fsp3) is 0.717. The lowest BCUT2D eigenvalue weighted by atomic mass is 10.0. The zero-order chi connectivity index (χ0) is 40.6. The van der Waals surface area contributed by atoms with Crippen LogP contribution in [0.5, 0.6) is 0 Å². The number of hydrogen-bond donors (Lipinski definition) is 0. The van der Waals surface area contributed by atoms with Crippen molar-refractivity contribution in [2.45, 2.75) is 168 Å². The minimum Gasteiger partial charge on any atom is -0.756 e. The lowest BCUT2D eigenvalue weighted by Gasteiger charge is -2.28. The fourth-order valence-electron chi connectivity index (χ4n) is 5.44. The molecule has 0 spiro atoms. The monoisotopic (exact) mass is 792 g/mol. The first kappa shape index (κ1) is 52.8. The van der Waals surface area contributed by atoms with Crippen molar-refractivity contribution in [3.63, 3.8) is 0 Å². The van der Waals surface area contributed by atoms with Crippen LogP contribution in [0, 0.1) is 0 Å². The van der Waals surface area contributed by atoms with Gasteiger partial charge in [-0.05, 0) is 70.3 Å². The van der Waals surface area contributed by atoms with E-state index < -0.39 is 13.9 Å². The number of allylic oxidation sites excluding steroid dienone is 11. The molecule has 0 fully saturated rings. The summed E-state index contributed by atoms with van der Waals surface area (Å²) in [5.41, 5.74) is 0. The van der Waals surface area contributed by atoms with Crippen molar-refractivity contribution < 1.29 is 37.3 Å². The SMILES string of the molecule is CC/C=C\C/C=C\C/C=C\C/C=C\C/C=C\CCCCCC(=O)OCC(COP(=O)([O-])OCC[N+](C)(C)C)O/C=C\CCCCCCCCCCCCCC. The summed E-state index contributed by atoms with van der Waals surface area (Å²) >= 11 is 0. The average molecular weight is 792 g/mol. The Morgan fingerprint density at radius 3 is 1.60 bits per heavy atom. The van der Waals surface area contributed by atoms with Crippen LogP contribution < -0.4 is 4.89 Å². The second-order valence-corrected chi connectivity index (χ2v) is 16.8. The molecule has 0 heterocycles. The van der Waals surface area contributed by atoms with E-state index in [-0.39, 0.29) is 25.8 Å². The Kier molecular flexibility index (Phi) is 37.1. The summed E-state index contributed by atoms with van der Waals surface area (Å²) in [5, 5.41) is 0. The summed E-state index contributed by atoms with van der Waals surface area (Å²) in [6.07, 6.45) is 50.1. The zero-order valence-corrected chi connectivity index (χ0v) is 36.7. The van der Waals surface area contributed by atoms with Gasteiger partial charge in [-0.2, -0.15) is 0 Å². The molecule has 0 aromatic heterocycles. The predicted octanol–water partition coefficient (Wildman–Crippen LogP) is 12.4. The van der Waals surface area contributed by atoms with Gasteiger partial charge in [0.2, 0.25) is 0 Å². The molecule has 0 saturated carbocycles. The molecule has 0 aromatic rings. The number of ether oxygens (including phenoxy) is 2. The number of unbranched alkanes of at least 4 members (excludes halogenated alkanes) is 15. The number of hydrogen-bond acceptors (Lipinski definition) is 7.